The molecule has 1 amide bonds. The first-order valence-corrected chi connectivity index (χ1v) is 8.01. The van der Waals surface area contributed by atoms with Gasteiger partial charge in [0.25, 0.3) is 5.91 Å². The first-order valence-electron chi connectivity index (χ1n) is 7.63. The van der Waals surface area contributed by atoms with Gasteiger partial charge in [0, 0.05) is 11.4 Å². The zero-order valence-electron chi connectivity index (χ0n) is 13.2. The first-order chi connectivity index (χ1) is 12.0. The Labute approximate surface area is 149 Å². The Balaban J connectivity index is 1.60. The molecule has 2 aromatic rings. The van der Waals surface area contributed by atoms with Gasteiger partial charge in [-0.3, -0.25) is 4.79 Å². The molecule has 0 fully saturated rings. The van der Waals surface area contributed by atoms with E-state index >= 15 is 0 Å². The maximum atomic E-state index is 12.2. The van der Waals surface area contributed by atoms with Gasteiger partial charge in [-0.25, -0.2) is 9.80 Å². The molecule has 2 aromatic carbocycles. The van der Waals surface area contributed by atoms with E-state index in [1.165, 1.54) is 23.2 Å². The van der Waals surface area contributed by atoms with Gasteiger partial charge in [-0.1, -0.05) is 41.9 Å². The Kier molecular flexibility index (Phi) is 5.00. The van der Waals surface area contributed by atoms with E-state index in [4.69, 9.17) is 16.3 Å². The van der Waals surface area contributed by atoms with E-state index in [2.05, 4.69) is 5.10 Å². The molecule has 3 rings (SSSR count). The number of carbonyl (C=O) groups is 2. The summed E-state index contributed by atoms with van der Waals surface area (Å²) in [6, 6.07) is 13.6. The molecule has 6 nitrogen and oxygen atoms in total. The van der Waals surface area contributed by atoms with Crippen LogP contribution in [0.15, 0.2) is 53.6 Å². The second-order valence-corrected chi connectivity index (χ2v) is 5.85. The molecule has 0 spiro atoms. The number of phenols is 1. The number of hydrogen-bond acceptors (Lipinski definition) is 5. The number of carbonyl (C=O) groups excluding carboxylic acids is 2. The summed E-state index contributed by atoms with van der Waals surface area (Å²) in [6.45, 7) is -0.0146. The summed E-state index contributed by atoms with van der Waals surface area (Å²) >= 11 is 5.71. The number of halogens is 1. The largest absolute Gasteiger partial charge is 0.507 e. The molecule has 1 aliphatic heterocycles. The molecule has 1 heterocycles. The van der Waals surface area contributed by atoms with Crippen molar-refractivity contribution in [2.45, 2.75) is 6.42 Å². The van der Waals surface area contributed by atoms with Crippen LogP contribution in [0.3, 0.4) is 0 Å². The van der Waals surface area contributed by atoms with Crippen LogP contribution >= 0.6 is 11.6 Å². The maximum Gasteiger partial charge on any atom is 0.342 e. The highest BCUT2D eigenvalue weighted by molar-refractivity contribution is 6.30. The molecular weight excluding hydrogens is 344 g/mol. The topological polar surface area (TPSA) is 79.2 Å². The predicted octanol–water partition coefficient (Wildman–Crippen LogP) is 2.84. The molecule has 1 aliphatic rings. The molecule has 0 aromatic heterocycles. The Morgan fingerprint density at radius 2 is 1.96 bits per heavy atom. The Bertz CT molecular complexity index is 836. The summed E-state index contributed by atoms with van der Waals surface area (Å²) in [6.07, 6.45) is 0.641. The number of nitrogens with zero attached hydrogens (tertiary/aromatic N) is 2. The molecule has 1 N–H and O–H groups in total. The highest BCUT2D eigenvalue weighted by atomic mass is 35.5. The van der Waals surface area contributed by atoms with E-state index in [1.807, 2.05) is 30.3 Å². The minimum absolute atomic E-state index is 0.0490. The van der Waals surface area contributed by atoms with Crippen molar-refractivity contribution in [2.75, 3.05) is 13.2 Å². The summed E-state index contributed by atoms with van der Waals surface area (Å²) in [7, 11) is 0. The van der Waals surface area contributed by atoms with E-state index in [0.717, 1.165) is 11.3 Å². The molecule has 7 heteroatoms. The second kappa shape index (κ2) is 7.36. The number of rotatable bonds is 4. The van der Waals surface area contributed by atoms with Gasteiger partial charge in [0.1, 0.15) is 11.3 Å². The van der Waals surface area contributed by atoms with Gasteiger partial charge in [0.2, 0.25) is 0 Å². The lowest BCUT2D eigenvalue weighted by Crippen LogP contribution is -2.28. The summed E-state index contributed by atoms with van der Waals surface area (Å²) in [5, 5.41) is 15.6. The highest BCUT2D eigenvalue weighted by Crippen LogP contribution is 2.22. The molecule has 0 unspecified atom stereocenters. The normalized spacial score (nSPS) is 13.5. The van der Waals surface area contributed by atoms with E-state index in [0.29, 0.717) is 18.0 Å². The molecule has 0 atom stereocenters. The standard InChI is InChI=1S/C18H15ClN2O4/c19-13-6-7-14(16(22)10-13)18(24)25-11-17(23)21-9-8-15(20-21)12-4-2-1-3-5-12/h1-7,10,22H,8-9,11H2. The van der Waals surface area contributed by atoms with Crippen LogP contribution in [0.25, 0.3) is 0 Å². The molecule has 0 bridgehead atoms. The Morgan fingerprint density at radius 1 is 1.20 bits per heavy atom. The van der Waals surface area contributed by atoms with E-state index < -0.39 is 18.5 Å². The average molecular weight is 359 g/mol. The van der Waals surface area contributed by atoms with Crippen LogP contribution < -0.4 is 0 Å². The Hall–Kier alpha value is -2.86. The third-order valence-electron chi connectivity index (χ3n) is 3.70. The molecule has 0 saturated carbocycles. The van der Waals surface area contributed by atoms with Crippen molar-refractivity contribution in [1.82, 2.24) is 5.01 Å². The van der Waals surface area contributed by atoms with Gasteiger partial charge in [0.15, 0.2) is 6.61 Å². The number of hydrogen-bond donors (Lipinski definition) is 1. The monoisotopic (exact) mass is 358 g/mol. The van der Waals surface area contributed by atoms with Crippen molar-refractivity contribution < 1.29 is 19.4 Å². The van der Waals surface area contributed by atoms with Gasteiger partial charge in [-0.2, -0.15) is 5.10 Å². The van der Waals surface area contributed by atoms with Crippen molar-refractivity contribution in [3.63, 3.8) is 0 Å². The summed E-state index contributed by atoms with van der Waals surface area (Å²) in [5.74, 6) is -1.52. The third-order valence-corrected chi connectivity index (χ3v) is 3.94. The van der Waals surface area contributed by atoms with Gasteiger partial charge in [-0.05, 0) is 23.8 Å². The lowest BCUT2D eigenvalue weighted by molar-refractivity contribution is -0.134. The van der Waals surface area contributed by atoms with Crippen LogP contribution in [0, 0.1) is 0 Å². The fourth-order valence-electron chi connectivity index (χ4n) is 2.43. The van der Waals surface area contributed by atoms with Crippen LogP contribution in [0.2, 0.25) is 5.02 Å². The van der Waals surface area contributed by atoms with Crippen molar-refractivity contribution >= 4 is 29.2 Å². The van der Waals surface area contributed by atoms with E-state index in [-0.39, 0.29) is 11.3 Å². The van der Waals surface area contributed by atoms with E-state index in [9.17, 15) is 14.7 Å². The minimum atomic E-state index is -0.797. The molecular formula is C18H15ClN2O4. The van der Waals surface area contributed by atoms with Crippen LogP contribution in [-0.4, -0.2) is 40.9 Å². The molecule has 25 heavy (non-hydrogen) atoms. The van der Waals surface area contributed by atoms with Crippen LogP contribution in [0.4, 0.5) is 0 Å². The van der Waals surface area contributed by atoms with Crippen molar-refractivity contribution in [3.8, 4) is 5.75 Å². The van der Waals surface area contributed by atoms with Gasteiger partial charge < -0.3 is 9.84 Å². The number of phenolic OH excluding ortho intramolecular Hbond substituents is 1. The van der Waals surface area contributed by atoms with Crippen molar-refractivity contribution in [2.24, 2.45) is 5.10 Å². The number of aromatic hydroxyl groups is 1. The molecule has 0 aliphatic carbocycles. The van der Waals surface area contributed by atoms with E-state index in [1.54, 1.807) is 0 Å². The van der Waals surface area contributed by atoms with Crippen LogP contribution in [-0.2, 0) is 9.53 Å². The van der Waals surface area contributed by atoms with Gasteiger partial charge in [-0.15, -0.1) is 0 Å². The summed E-state index contributed by atoms with van der Waals surface area (Å²) in [5.41, 5.74) is 1.73. The van der Waals surface area contributed by atoms with Crippen molar-refractivity contribution in [3.05, 3.63) is 64.7 Å². The number of hydrazone groups is 1. The number of amides is 1. The summed E-state index contributed by atoms with van der Waals surface area (Å²) in [4.78, 5) is 24.1. The predicted molar refractivity (Wildman–Crippen MR) is 92.7 cm³/mol. The lowest BCUT2D eigenvalue weighted by atomic mass is 10.1. The fourth-order valence-corrected chi connectivity index (χ4v) is 2.59. The SMILES string of the molecule is O=C(OCC(=O)N1CCC(c2ccccc2)=N1)c1ccc(Cl)cc1O. The molecule has 0 saturated heterocycles. The number of ether oxygens (including phenoxy) is 1. The summed E-state index contributed by atoms with van der Waals surface area (Å²) < 4.78 is 4.96. The maximum absolute atomic E-state index is 12.2. The molecule has 0 radical (unpaired) electrons. The van der Waals surface area contributed by atoms with Crippen LogP contribution in [0.1, 0.15) is 22.3 Å². The second-order valence-electron chi connectivity index (χ2n) is 5.42. The first kappa shape index (κ1) is 17.0. The molecule has 128 valence electrons. The lowest BCUT2D eigenvalue weighted by Gasteiger charge is -2.12. The van der Waals surface area contributed by atoms with Crippen molar-refractivity contribution in [1.29, 1.82) is 0 Å². The van der Waals surface area contributed by atoms with Gasteiger partial charge >= 0.3 is 5.97 Å². The average Bonchev–Trinajstić information content (AvgIpc) is 3.10. The number of benzene rings is 2. The fraction of sp³-hybridized carbons (Fsp3) is 0.167. The van der Waals surface area contributed by atoms with Gasteiger partial charge in [0.05, 0.1) is 12.3 Å². The quantitative estimate of drug-likeness (QED) is 0.852. The zero-order valence-corrected chi connectivity index (χ0v) is 13.9. The Morgan fingerprint density at radius 3 is 2.68 bits per heavy atom. The third kappa shape index (κ3) is 3.97. The van der Waals surface area contributed by atoms with Crippen LogP contribution in [0.5, 0.6) is 5.75 Å². The highest BCUT2D eigenvalue weighted by Gasteiger charge is 2.23. The zero-order chi connectivity index (χ0) is 17.8. The smallest absolute Gasteiger partial charge is 0.342 e. The number of esters is 1. The minimum Gasteiger partial charge on any atom is -0.507 e.